The number of halogens is 1. The number of thiazole rings is 1. The SMILES string of the molecule is Cc1ccc(Cc2cnc(NC(=O)C3CSCCS3)s2)cc1Cl. The Hall–Kier alpha value is -0.690. The van der Waals surface area contributed by atoms with Crippen LogP contribution in [-0.4, -0.2) is 33.4 Å². The second-order valence-corrected chi connectivity index (χ2v) is 9.30. The summed E-state index contributed by atoms with van der Waals surface area (Å²) in [5, 5.41) is 4.45. The number of benzene rings is 1. The molecule has 3 nitrogen and oxygen atoms in total. The summed E-state index contributed by atoms with van der Waals surface area (Å²) >= 11 is 11.3. The van der Waals surface area contributed by atoms with E-state index in [-0.39, 0.29) is 11.2 Å². The van der Waals surface area contributed by atoms with Crippen LogP contribution in [0, 0.1) is 6.92 Å². The van der Waals surface area contributed by atoms with Crippen molar-refractivity contribution in [2.24, 2.45) is 0 Å². The molecule has 2 heterocycles. The number of amides is 1. The Morgan fingerprint density at radius 2 is 2.30 bits per heavy atom. The van der Waals surface area contributed by atoms with Crippen molar-refractivity contribution in [2.45, 2.75) is 18.6 Å². The third kappa shape index (κ3) is 4.66. The van der Waals surface area contributed by atoms with Crippen LogP contribution in [0.5, 0.6) is 0 Å². The van der Waals surface area contributed by atoms with Gasteiger partial charge in [-0.2, -0.15) is 11.8 Å². The van der Waals surface area contributed by atoms with Gasteiger partial charge in [0.2, 0.25) is 5.91 Å². The summed E-state index contributed by atoms with van der Waals surface area (Å²) in [6, 6.07) is 6.10. The van der Waals surface area contributed by atoms with Gasteiger partial charge in [-0.05, 0) is 24.1 Å². The molecule has 7 heteroatoms. The summed E-state index contributed by atoms with van der Waals surface area (Å²) in [6.45, 7) is 1.99. The molecule has 1 amide bonds. The van der Waals surface area contributed by atoms with Crippen molar-refractivity contribution in [3.05, 3.63) is 45.4 Å². The van der Waals surface area contributed by atoms with Gasteiger partial charge in [-0.25, -0.2) is 4.98 Å². The number of carbonyl (C=O) groups is 1. The maximum atomic E-state index is 12.2. The van der Waals surface area contributed by atoms with E-state index in [2.05, 4.69) is 16.4 Å². The van der Waals surface area contributed by atoms with Crippen molar-refractivity contribution >= 4 is 57.5 Å². The summed E-state index contributed by atoms with van der Waals surface area (Å²) in [5.41, 5.74) is 2.23. The van der Waals surface area contributed by atoms with Crippen molar-refractivity contribution in [1.29, 1.82) is 0 Å². The van der Waals surface area contributed by atoms with Crippen LogP contribution in [0.3, 0.4) is 0 Å². The van der Waals surface area contributed by atoms with Crippen LogP contribution >= 0.6 is 46.5 Å². The van der Waals surface area contributed by atoms with E-state index in [0.29, 0.717) is 5.13 Å². The molecule has 3 rings (SSSR count). The average molecular weight is 385 g/mol. The predicted octanol–water partition coefficient (Wildman–Crippen LogP) is 4.48. The molecule has 1 aliphatic rings. The quantitative estimate of drug-likeness (QED) is 0.843. The number of anilines is 1. The lowest BCUT2D eigenvalue weighted by atomic mass is 10.1. The summed E-state index contributed by atoms with van der Waals surface area (Å²) in [5.74, 6) is 3.13. The average Bonchev–Trinajstić information content (AvgIpc) is 2.99. The summed E-state index contributed by atoms with van der Waals surface area (Å²) in [6.07, 6.45) is 2.61. The number of hydrogen-bond acceptors (Lipinski definition) is 5. The first-order valence-corrected chi connectivity index (χ1v) is 10.7. The lowest BCUT2D eigenvalue weighted by Crippen LogP contribution is -2.29. The summed E-state index contributed by atoms with van der Waals surface area (Å²) in [7, 11) is 0. The number of nitrogens with one attached hydrogen (secondary N) is 1. The van der Waals surface area contributed by atoms with Crippen molar-refractivity contribution < 1.29 is 4.79 Å². The zero-order valence-electron chi connectivity index (χ0n) is 12.7. The molecule has 0 bridgehead atoms. The highest BCUT2D eigenvalue weighted by atomic mass is 35.5. The molecule has 1 aliphatic heterocycles. The van der Waals surface area contributed by atoms with Crippen LogP contribution in [-0.2, 0) is 11.2 Å². The topological polar surface area (TPSA) is 42.0 Å². The van der Waals surface area contributed by atoms with Crippen molar-refractivity contribution in [2.75, 3.05) is 22.6 Å². The number of carbonyl (C=O) groups excluding carboxylic acids is 1. The minimum atomic E-state index is 0.0389. The highest BCUT2D eigenvalue weighted by Crippen LogP contribution is 2.27. The van der Waals surface area contributed by atoms with Crippen LogP contribution in [0.4, 0.5) is 5.13 Å². The Balaban J connectivity index is 1.61. The van der Waals surface area contributed by atoms with Gasteiger partial charge in [0, 0.05) is 39.8 Å². The van der Waals surface area contributed by atoms with E-state index in [1.807, 2.05) is 37.0 Å². The zero-order chi connectivity index (χ0) is 16.2. The molecule has 1 fully saturated rings. The van der Waals surface area contributed by atoms with Gasteiger partial charge in [0.1, 0.15) is 0 Å². The molecule has 0 aliphatic carbocycles. The fourth-order valence-corrected chi connectivity index (χ4v) is 5.83. The van der Waals surface area contributed by atoms with Gasteiger partial charge < -0.3 is 5.32 Å². The molecule has 1 aromatic heterocycles. The van der Waals surface area contributed by atoms with Crippen LogP contribution in [0.1, 0.15) is 16.0 Å². The molecule has 1 aromatic carbocycles. The van der Waals surface area contributed by atoms with E-state index >= 15 is 0 Å². The van der Waals surface area contributed by atoms with E-state index in [1.165, 1.54) is 11.3 Å². The van der Waals surface area contributed by atoms with Gasteiger partial charge in [-0.15, -0.1) is 23.1 Å². The van der Waals surface area contributed by atoms with Crippen molar-refractivity contribution in [1.82, 2.24) is 4.98 Å². The normalized spacial score (nSPS) is 17.9. The Bertz CT molecular complexity index is 698. The molecular formula is C16H17ClN2OS3. The van der Waals surface area contributed by atoms with Gasteiger partial charge in [0.05, 0.1) is 5.25 Å². The molecule has 1 saturated heterocycles. The van der Waals surface area contributed by atoms with E-state index < -0.39 is 0 Å². The molecule has 0 radical (unpaired) electrons. The van der Waals surface area contributed by atoms with E-state index in [9.17, 15) is 4.79 Å². The van der Waals surface area contributed by atoms with Crippen LogP contribution < -0.4 is 5.32 Å². The van der Waals surface area contributed by atoms with Crippen LogP contribution in [0.15, 0.2) is 24.4 Å². The maximum absolute atomic E-state index is 12.2. The molecule has 1 atom stereocenters. The second-order valence-electron chi connectivity index (χ2n) is 5.32. The lowest BCUT2D eigenvalue weighted by molar-refractivity contribution is -0.115. The Morgan fingerprint density at radius 1 is 1.43 bits per heavy atom. The largest absolute Gasteiger partial charge is 0.301 e. The first-order valence-electron chi connectivity index (χ1n) is 7.32. The number of hydrogen-bond donors (Lipinski definition) is 1. The molecule has 23 heavy (non-hydrogen) atoms. The van der Waals surface area contributed by atoms with E-state index in [1.54, 1.807) is 11.8 Å². The smallest absolute Gasteiger partial charge is 0.240 e. The molecule has 0 saturated carbocycles. The zero-order valence-corrected chi connectivity index (χ0v) is 15.9. The van der Waals surface area contributed by atoms with E-state index in [4.69, 9.17) is 11.6 Å². The maximum Gasteiger partial charge on any atom is 0.240 e. The second kappa shape index (κ2) is 7.92. The molecular weight excluding hydrogens is 368 g/mol. The number of rotatable bonds is 4. The van der Waals surface area contributed by atoms with Gasteiger partial charge in [-0.3, -0.25) is 4.79 Å². The summed E-state index contributed by atoms with van der Waals surface area (Å²) in [4.78, 5) is 17.7. The molecule has 1 N–H and O–H groups in total. The Morgan fingerprint density at radius 3 is 3.04 bits per heavy atom. The highest BCUT2D eigenvalue weighted by molar-refractivity contribution is 8.07. The first-order chi connectivity index (χ1) is 11.1. The first kappa shape index (κ1) is 17.1. The number of aryl methyl sites for hydroxylation is 1. The monoisotopic (exact) mass is 384 g/mol. The molecule has 122 valence electrons. The fraction of sp³-hybridized carbons (Fsp3) is 0.375. The van der Waals surface area contributed by atoms with Crippen molar-refractivity contribution in [3.8, 4) is 0 Å². The minimum absolute atomic E-state index is 0.0389. The molecule has 2 aromatic rings. The van der Waals surface area contributed by atoms with Gasteiger partial charge in [-0.1, -0.05) is 23.7 Å². The Kier molecular flexibility index (Phi) is 5.91. The van der Waals surface area contributed by atoms with Crippen molar-refractivity contribution in [3.63, 3.8) is 0 Å². The fourth-order valence-electron chi connectivity index (χ4n) is 2.22. The third-order valence-electron chi connectivity index (χ3n) is 3.51. The van der Waals surface area contributed by atoms with Gasteiger partial charge in [0.25, 0.3) is 0 Å². The lowest BCUT2D eigenvalue weighted by Gasteiger charge is -2.19. The van der Waals surface area contributed by atoms with Gasteiger partial charge in [0.15, 0.2) is 5.13 Å². The number of aromatic nitrogens is 1. The highest BCUT2D eigenvalue weighted by Gasteiger charge is 2.22. The minimum Gasteiger partial charge on any atom is -0.301 e. The molecule has 0 spiro atoms. The standard InChI is InChI=1S/C16H17ClN2OS3/c1-10-2-3-11(7-13(10)17)6-12-8-18-16(23-12)19-15(20)14-9-21-4-5-22-14/h2-3,7-8,14H,4-6,9H2,1H3,(H,18,19,20). The number of thioether (sulfide) groups is 2. The predicted molar refractivity (Wildman–Crippen MR) is 103 cm³/mol. The van der Waals surface area contributed by atoms with Crippen LogP contribution in [0.2, 0.25) is 5.02 Å². The molecule has 1 unspecified atom stereocenters. The summed E-state index contributed by atoms with van der Waals surface area (Å²) < 4.78 is 0. The van der Waals surface area contributed by atoms with E-state index in [0.717, 1.165) is 44.7 Å². The third-order valence-corrected chi connectivity index (χ3v) is 7.58. The van der Waals surface area contributed by atoms with Crippen LogP contribution in [0.25, 0.3) is 0 Å². The number of nitrogens with zero attached hydrogens (tertiary/aromatic N) is 1. The Labute approximate surface area is 153 Å². The van der Waals surface area contributed by atoms with Gasteiger partial charge >= 0.3 is 0 Å².